The monoisotopic (exact) mass is 316 g/mol. The molecule has 0 heterocycles. The summed E-state index contributed by atoms with van der Waals surface area (Å²) in [6.45, 7) is 3.96. The van der Waals surface area contributed by atoms with Crippen LogP contribution >= 0.6 is 11.6 Å². The maximum absolute atomic E-state index is 12.7. The number of carbonyl (C=O) groups is 1. The number of likely N-dealkylation sites (N-methyl/N-ethyl adjacent to an activating group) is 1. The molecule has 0 saturated carbocycles. The minimum atomic E-state index is -0.00809. The maximum Gasteiger partial charge on any atom is 0.254 e. The van der Waals surface area contributed by atoms with Crippen LogP contribution in [0.4, 0.5) is 5.69 Å². The highest BCUT2D eigenvalue weighted by Gasteiger charge is 2.19. The summed E-state index contributed by atoms with van der Waals surface area (Å²) >= 11 is 5.90. The van der Waals surface area contributed by atoms with Crippen LogP contribution in [-0.4, -0.2) is 23.9 Å². The first-order chi connectivity index (χ1) is 10.4. The van der Waals surface area contributed by atoms with Crippen LogP contribution in [0.25, 0.3) is 0 Å². The van der Waals surface area contributed by atoms with E-state index >= 15 is 0 Å². The van der Waals surface area contributed by atoms with E-state index in [4.69, 9.17) is 17.3 Å². The van der Waals surface area contributed by atoms with E-state index in [2.05, 4.69) is 0 Å². The molecule has 0 aromatic heterocycles. The van der Waals surface area contributed by atoms with Gasteiger partial charge in [-0.2, -0.15) is 0 Å². The Morgan fingerprint density at radius 1 is 1.23 bits per heavy atom. The van der Waals surface area contributed by atoms with Gasteiger partial charge in [-0.15, -0.1) is 0 Å². The third kappa shape index (κ3) is 3.80. The number of carbonyl (C=O) groups excluding carboxylic acids is 1. The average Bonchev–Trinajstić information content (AvgIpc) is 2.50. The first-order valence-electron chi connectivity index (χ1n) is 7.26. The van der Waals surface area contributed by atoms with Gasteiger partial charge in [-0.3, -0.25) is 4.79 Å². The van der Waals surface area contributed by atoms with Crippen molar-refractivity contribution in [2.75, 3.05) is 12.8 Å². The zero-order valence-corrected chi connectivity index (χ0v) is 13.9. The van der Waals surface area contributed by atoms with Crippen molar-refractivity contribution < 1.29 is 4.79 Å². The molecule has 0 aliphatic rings. The second-order valence-corrected chi connectivity index (χ2v) is 6.11. The molecule has 1 amide bonds. The van der Waals surface area contributed by atoms with Crippen molar-refractivity contribution in [3.63, 3.8) is 0 Å². The van der Waals surface area contributed by atoms with Gasteiger partial charge >= 0.3 is 0 Å². The van der Waals surface area contributed by atoms with Gasteiger partial charge in [-0.1, -0.05) is 29.8 Å². The molecule has 0 radical (unpaired) electrons. The largest absolute Gasteiger partial charge is 0.399 e. The van der Waals surface area contributed by atoms with Crippen molar-refractivity contribution in [1.82, 2.24) is 4.90 Å². The molecule has 1 atom stereocenters. The Hall–Kier alpha value is -2.00. The van der Waals surface area contributed by atoms with Crippen LogP contribution in [0.2, 0.25) is 5.02 Å². The van der Waals surface area contributed by atoms with Crippen LogP contribution in [0, 0.1) is 6.92 Å². The van der Waals surface area contributed by atoms with Gasteiger partial charge < -0.3 is 10.6 Å². The second-order valence-electron chi connectivity index (χ2n) is 5.67. The fraction of sp³-hybridized carbons (Fsp3) is 0.278. The van der Waals surface area contributed by atoms with Gasteiger partial charge in [-0.25, -0.2) is 0 Å². The Kier molecular flexibility index (Phi) is 5.09. The molecule has 2 aromatic rings. The molecule has 0 aliphatic heterocycles. The fourth-order valence-electron chi connectivity index (χ4n) is 2.36. The zero-order chi connectivity index (χ0) is 16.3. The van der Waals surface area contributed by atoms with E-state index < -0.39 is 0 Å². The van der Waals surface area contributed by atoms with Crippen LogP contribution < -0.4 is 5.73 Å². The lowest BCUT2D eigenvalue weighted by Gasteiger charge is -2.26. The number of aryl methyl sites for hydroxylation is 1. The lowest BCUT2D eigenvalue weighted by atomic mass is 10.0. The quantitative estimate of drug-likeness (QED) is 0.869. The van der Waals surface area contributed by atoms with Crippen molar-refractivity contribution in [2.45, 2.75) is 26.3 Å². The molecule has 0 fully saturated rings. The van der Waals surface area contributed by atoms with Gasteiger partial charge in [0, 0.05) is 29.4 Å². The summed E-state index contributed by atoms with van der Waals surface area (Å²) in [5.74, 6) is -0.00809. The number of amides is 1. The first-order valence-corrected chi connectivity index (χ1v) is 7.64. The zero-order valence-electron chi connectivity index (χ0n) is 13.1. The fourth-order valence-corrected chi connectivity index (χ4v) is 2.48. The first kappa shape index (κ1) is 16.4. The summed E-state index contributed by atoms with van der Waals surface area (Å²) in [6.07, 6.45) is 0.779. The summed E-state index contributed by atoms with van der Waals surface area (Å²) in [5.41, 5.74) is 9.15. The summed E-state index contributed by atoms with van der Waals surface area (Å²) in [5, 5.41) is 0.719. The molecule has 116 valence electrons. The number of nitrogens with zero attached hydrogens (tertiary/aromatic N) is 1. The molecular formula is C18H21ClN2O. The summed E-state index contributed by atoms with van der Waals surface area (Å²) in [7, 11) is 1.82. The van der Waals surface area contributed by atoms with E-state index in [1.807, 2.05) is 57.3 Å². The van der Waals surface area contributed by atoms with Crippen molar-refractivity contribution in [1.29, 1.82) is 0 Å². The molecule has 2 rings (SSSR count). The number of hydrogen-bond donors (Lipinski definition) is 1. The van der Waals surface area contributed by atoms with Gasteiger partial charge in [0.25, 0.3) is 5.91 Å². The minimum Gasteiger partial charge on any atom is -0.399 e. The molecule has 3 nitrogen and oxygen atoms in total. The normalized spacial score (nSPS) is 12.0. The minimum absolute atomic E-state index is 0.00809. The molecule has 0 aliphatic carbocycles. The number of rotatable bonds is 4. The van der Waals surface area contributed by atoms with Crippen molar-refractivity contribution in [3.8, 4) is 0 Å². The van der Waals surface area contributed by atoms with E-state index in [0.717, 1.165) is 22.6 Å². The molecule has 4 heteroatoms. The molecule has 1 unspecified atom stereocenters. The van der Waals surface area contributed by atoms with E-state index in [1.54, 1.807) is 11.0 Å². The SMILES string of the molecule is Cc1ccc(N)cc1C(=O)N(C)C(C)Cc1ccc(Cl)cc1. The highest BCUT2D eigenvalue weighted by atomic mass is 35.5. The van der Waals surface area contributed by atoms with Gasteiger partial charge in [0.2, 0.25) is 0 Å². The van der Waals surface area contributed by atoms with Gasteiger partial charge in [0.05, 0.1) is 0 Å². The highest BCUT2D eigenvalue weighted by Crippen LogP contribution is 2.18. The molecule has 0 saturated heterocycles. The van der Waals surface area contributed by atoms with E-state index in [1.165, 1.54) is 0 Å². The molecular weight excluding hydrogens is 296 g/mol. The van der Waals surface area contributed by atoms with E-state index in [0.29, 0.717) is 11.3 Å². The van der Waals surface area contributed by atoms with Crippen LogP contribution in [0.3, 0.4) is 0 Å². The lowest BCUT2D eigenvalue weighted by Crippen LogP contribution is -2.36. The van der Waals surface area contributed by atoms with Crippen molar-refractivity contribution >= 4 is 23.2 Å². The summed E-state index contributed by atoms with van der Waals surface area (Å²) in [6, 6.07) is 13.2. The van der Waals surface area contributed by atoms with E-state index in [-0.39, 0.29) is 11.9 Å². The Labute approximate surface area is 136 Å². The standard InChI is InChI=1S/C18H21ClN2O/c1-12-4-9-16(20)11-17(12)18(22)21(3)13(2)10-14-5-7-15(19)8-6-14/h4-9,11,13H,10,20H2,1-3H3. The predicted octanol–water partition coefficient (Wildman–Crippen LogP) is 3.93. The molecule has 2 N–H and O–H groups in total. The molecule has 0 spiro atoms. The van der Waals surface area contributed by atoms with Crippen molar-refractivity contribution in [3.05, 3.63) is 64.2 Å². The predicted molar refractivity (Wildman–Crippen MR) is 92.3 cm³/mol. The Bertz CT molecular complexity index is 667. The Morgan fingerprint density at radius 2 is 1.86 bits per heavy atom. The Morgan fingerprint density at radius 3 is 2.50 bits per heavy atom. The number of anilines is 1. The number of nitrogens with two attached hydrogens (primary N) is 1. The third-order valence-corrected chi connectivity index (χ3v) is 4.17. The summed E-state index contributed by atoms with van der Waals surface area (Å²) in [4.78, 5) is 14.4. The second kappa shape index (κ2) is 6.84. The van der Waals surface area contributed by atoms with Crippen LogP contribution in [0.1, 0.15) is 28.4 Å². The third-order valence-electron chi connectivity index (χ3n) is 3.92. The van der Waals surface area contributed by atoms with Crippen LogP contribution in [-0.2, 0) is 6.42 Å². The number of benzene rings is 2. The number of hydrogen-bond acceptors (Lipinski definition) is 2. The molecule has 22 heavy (non-hydrogen) atoms. The average molecular weight is 317 g/mol. The Balaban J connectivity index is 2.12. The topological polar surface area (TPSA) is 46.3 Å². The van der Waals surface area contributed by atoms with Gasteiger partial charge in [0.15, 0.2) is 0 Å². The van der Waals surface area contributed by atoms with E-state index in [9.17, 15) is 4.79 Å². The van der Waals surface area contributed by atoms with Gasteiger partial charge in [-0.05, 0) is 55.7 Å². The lowest BCUT2D eigenvalue weighted by molar-refractivity contribution is 0.0743. The van der Waals surface area contributed by atoms with Gasteiger partial charge in [0.1, 0.15) is 0 Å². The number of nitrogen functional groups attached to an aromatic ring is 1. The smallest absolute Gasteiger partial charge is 0.254 e. The van der Waals surface area contributed by atoms with Crippen LogP contribution in [0.15, 0.2) is 42.5 Å². The van der Waals surface area contributed by atoms with Crippen LogP contribution in [0.5, 0.6) is 0 Å². The summed E-state index contributed by atoms with van der Waals surface area (Å²) < 4.78 is 0. The van der Waals surface area contributed by atoms with Crippen molar-refractivity contribution in [2.24, 2.45) is 0 Å². The highest BCUT2D eigenvalue weighted by molar-refractivity contribution is 6.30. The maximum atomic E-state index is 12.7. The molecule has 2 aromatic carbocycles. The number of halogens is 1. The molecule has 0 bridgehead atoms.